The first-order chi connectivity index (χ1) is 10.6. The monoisotopic (exact) mass is 378 g/mol. The van der Waals surface area contributed by atoms with E-state index in [0.29, 0.717) is 6.54 Å². The predicted octanol–water partition coefficient (Wildman–Crippen LogP) is 2.79. The standard InChI is InChI=1S/C14H15BrN6S/c1-9-13(22-10(2)17-9)7-16-8-14-18-19-20-21(14)12-5-3-11(15)4-6-12/h3-6,16H,7-8H2,1-2H3. The molecule has 0 fully saturated rings. The number of halogens is 1. The molecule has 0 unspecified atom stereocenters. The summed E-state index contributed by atoms with van der Waals surface area (Å²) in [6.45, 7) is 5.42. The number of tetrazole rings is 1. The van der Waals surface area contributed by atoms with Crippen LogP contribution in [0.3, 0.4) is 0 Å². The molecule has 3 aromatic rings. The maximum atomic E-state index is 4.43. The summed E-state index contributed by atoms with van der Waals surface area (Å²) in [6.07, 6.45) is 0. The van der Waals surface area contributed by atoms with Crippen molar-refractivity contribution in [1.82, 2.24) is 30.5 Å². The van der Waals surface area contributed by atoms with Gasteiger partial charge in [-0.25, -0.2) is 4.98 Å². The van der Waals surface area contributed by atoms with Crippen LogP contribution in [0, 0.1) is 13.8 Å². The number of rotatable bonds is 5. The summed E-state index contributed by atoms with van der Waals surface area (Å²) < 4.78 is 2.77. The number of hydrogen-bond donors (Lipinski definition) is 1. The van der Waals surface area contributed by atoms with E-state index in [1.54, 1.807) is 16.0 Å². The molecule has 0 bridgehead atoms. The molecule has 114 valence electrons. The van der Waals surface area contributed by atoms with Crippen molar-refractivity contribution in [2.24, 2.45) is 0 Å². The van der Waals surface area contributed by atoms with E-state index < -0.39 is 0 Å². The number of aromatic nitrogens is 5. The Hall–Kier alpha value is -1.64. The van der Waals surface area contributed by atoms with Gasteiger partial charge in [-0.3, -0.25) is 0 Å². The molecule has 0 spiro atoms. The number of nitrogens with zero attached hydrogens (tertiary/aromatic N) is 5. The molecule has 0 radical (unpaired) electrons. The van der Waals surface area contributed by atoms with E-state index >= 15 is 0 Å². The molecule has 6 nitrogen and oxygen atoms in total. The number of hydrogen-bond acceptors (Lipinski definition) is 6. The quantitative estimate of drug-likeness (QED) is 0.738. The minimum Gasteiger partial charge on any atom is -0.305 e. The van der Waals surface area contributed by atoms with Crippen LogP contribution in [-0.4, -0.2) is 25.2 Å². The van der Waals surface area contributed by atoms with Crippen molar-refractivity contribution >= 4 is 27.3 Å². The van der Waals surface area contributed by atoms with Gasteiger partial charge in [-0.05, 0) is 48.5 Å². The lowest BCUT2D eigenvalue weighted by Crippen LogP contribution is -2.16. The van der Waals surface area contributed by atoms with Crippen molar-refractivity contribution in [1.29, 1.82) is 0 Å². The Morgan fingerprint density at radius 1 is 1.18 bits per heavy atom. The topological polar surface area (TPSA) is 68.5 Å². The van der Waals surface area contributed by atoms with Crippen LogP contribution in [0.5, 0.6) is 0 Å². The van der Waals surface area contributed by atoms with Crippen LogP contribution in [-0.2, 0) is 13.1 Å². The second-order valence-electron chi connectivity index (χ2n) is 4.83. The molecule has 0 saturated heterocycles. The van der Waals surface area contributed by atoms with Crippen LogP contribution in [0.25, 0.3) is 5.69 Å². The summed E-state index contributed by atoms with van der Waals surface area (Å²) >= 11 is 5.14. The lowest BCUT2D eigenvalue weighted by atomic mass is 10.3. The predicted molar refractivity (Wildman–Crippen MR) is 89.0 cm³/mol. The maximum absolute atomic E-state index is 4.43. The van der Waals surface area contributed by atoms with Crippen LogP contribution in [0.2, 0.25) is 0 Å². The van der Waals surface area contributed by atoms with Crippen molar-refractivity contribution in [2.45, 2.75) is 26.9 Å². The Kier molecular flexibility index (Phi) is 4.60. The Bertz CT molecular complexity index is 764. The van der Waals surface area contributed by atoms with E-state index in [-0.39, 0.29) is 0 Å². The van der Waals surface area contributed by atoms with Crippen LogP contribution >= 0.6 is 27.3 Å². The van der Waals surface area contributed by atoms with Crippen LogP contribution in [0.15, 0.2) is 28.7 Å². The normalized spacial score (nSPS) is 11.0. The first kappa shape index (κ1) is 15.3. The fourth-order valence-electron chi connectivity index (χ4n) is 2.12. The zero-order valence-electron chi connectivity index (χ0n) is 12.2. The van der Waals surface area contributed by atoms with Gasteiger partial charge in [0.25, 0.3) is 0 Å². The molecule has 0 saturated carbocycles. The van der Waals surface area contributed by atoms with Crippen LogP contribution in [0.1, 0.15) is 21.4 Å². The Morgan fingerprint density at radius 3 is 2.64 bits per heavy atom. The van der Waals surface area contributed by atoms with Gasteiger partial charge in [-0.15, -0.1) is 16.4 Å². The molecular formula is C14H15BrN6S. The second-order valence-corrected chi connectivity index (χ2v) is 7.03. The van der Waals surface area contributed by atoms with Gasteiger partial charge in [0.2, 0.25) is 0 Å². The van der Waals surface area contributed by atoms with Gasteiger partial charge in [-0.1, -0.05) is 15.9 Å². The molecule has 1 N–H and O–H groups in total. The Balaban J connectivity index is 1.68. The second kappa shape index (κ2) is 6.64. The van der Waals surface area contributed by atoms with Crippen molar-refractivity contribution in [3.63, 3.8) is 0 Å². The van der Waals surface area contributed by atoms with E-state index in [1.807, 2.05) is 38.1 Å². The Morgan fingerprint density at radius 2 is 1.95 bits per heavy atom. The van der Waals surface area contributed by atoms with Crippen molar-refractivity contribution in [3.05, 3.63) is 50.1 Å². The molecular weight excluding hydrogens is 364 g/mol. The fourth-order valence-corrected chi connectivity index (χ4v) is 3.30. The first-order valence-electron chi connectivity index (χ1n) is 6.80. The highest BCUT2D eigenvalue weighted by Crippen LogP contribution is 2.17. The van der Waals surface area contributed by atoms with Crippen molar-refractivity contribution in [3.8, 4) is 5.69 Å². The highest BCUT2D eigenvalue weighted by atomic mass is 79.9. The van der Waals surface area contributed by atoms with Gasteiger partial charge >= 0.3 is 0 Å². The van der Waals surface area contributed by atoms with E-state index in [9.17, 15) is 0 Å². The molecule has 3 rings (SSSR count). The minimum absolute atomic E-state index is 0.597. The highest BCUT2D eigenvalue weighted by Gasteiger charge is 2.09. The lowest BCUT2D eigenvalue weighted by molar-refractivity contribution is 0.644. The van der Waals surface area contributed by atoms with Crippen LogP contribution in [0.4, 0.5) is 0 Å². The van der Waals surface area contributed by atoms with Gasteiger partial charge in [0.1, 0.15) is 0 Å². The summed E-state index contributed by atoms with van der Waals surface area (Å²) in [5, 5.41) is 16.4. The van der Waals surface area contributed by atoms with Gasteiger partial charge in [0.05, 0.1) is 22.9 Å². The zero-order chi connectivity index (χ0) is 15.5. The SMILES string of the molecule is Cc1nc(C)c(CNCc2nnnn2-c2ccc(Br)cc2)s1. The van der Waals surface area contributed by atoms with Gasteiger partial charge in [0.15, 0.2) is 5.82 Å². The van der Waals surface area contributed by atoms with E-state index in [4.69, 9.17) is 0 Å². The Labute approximate surface area is 140 Å². The van der Waals surface area contributed by atoms with Gasteiger partial charge in [0, 0.05) is 15.9 Å². The molecule has 2 aromatic heterocycles. The number of thiazole rings is 1. The number of nitrogens with one attached hydrogen (secondary N) is 1. The number of benzene rings is 1. The lowest BCUT2D eigenvalue weighted by Gasteiger charge is -2.06. The largest absolute Gasteiger partial charge is 0.305 e. The van der Waals surface area contributed by atoms with E-state index in [1.165, 1.54) is 4.88 Å². The third-order valence-electron chi connectivity index (χ3n) is 3.17. The molecule has 22 heavy (non-hydrogen) atoms. The van der Waals surface area contributed by atoms with E-state index in [0.717, 1.165) is 33.2 Å². The van der Waals surface area contributed by atoms with Gasteiger partial charge in [-0.2, -0.15) is 4.68 Å². The molecule has 2 heterocycles. The maximum Gasteiger partial charge on any atom is 0.170 e. The minimum atomic E-state index is 0.597. The summed E-state index contributed by atoms with van der Waals surface area (Å²) in [6, 6.07) is 7.89. The average molecular weight is 379 g/mol. The molecule has 0 aliphatic heterocycles. The van der Waals surface area contributed by atoms with Crippen molar-refractivity contribution in [2.75, 3.05) is 0 Å². The molecule has 0 atom stereocenters. The zero-order valence-corrected chi connectivity index (χ0v) is 14.6. The third kappa shape index (κ3) is 3.40. The van der Waals surface area contributed by atoms with E-state index in [2.05, 4.69) is 41.8 Å². The smallest absolute Gasteiger partial charge is 0.170 e. The fraction of sp³-hybridized carbons (Fsp3) is 0.286. The number of aryl methyl sites for hydroxylation is 2. The summed E-state index contributed by atoms with van der Waals surface area (Å²) in [5.74, 6) is 0.779. The molecule has 0 aliphatic carbocycles. The van der Waals surface area contributed by atoms with Crippen LogP contribution < -0.4 is 5.32 Å². The highest BCUT2D eigenvalue weighted by molar-refractivity contribution is 9.10. The van der Waals surface area contributed by atoms with Gasteiger partial charge < -0.3 is 5.32 Å². The summed E-state index contributed by atoms with van der Waals surface area (Å²) in [5.41, 5.74) is 2.03. The molecule has 0 aliphatic rings. The molecule has 0 amide bonds. The third-order valence-corrected chi connectivity index (χ3v) is 4.78. The molecule has 1 aromatic carbocycles. The summed E-state index contributed by atoms with van der Waals surface area (Å²) in [4.78, 5) is 5.68. The summed E-state index contributed by atoms with van der Waals surface area (Å²) in [7, 11) is 0. The average Bonchev–Trinajstić information content (AvgIpc) is 3.07. The van der Waals surface area contributed by atoms with Crippen molar-refractivity contribution < 1.29 is 0 Å². The first-order valence-corrected chi connectivity index (χ1v) is 8.41. The molecule has 8 heteroatoms.